The Morgan fingerprint density at radius 3 is 2.50 bits per heavy atom. The highest BCUT2D eigenvalue weighted by atomic mass is 32.2. The summed E-state index contributed by atoms with van der Waals surface area (Å²) >= 11 is 0. The summed E-state index contributed by atoms with van der Waals surface area (Å²) in [5.74, 6) is -1.98. The van der Waals surface area contributed by atoms with Crippen LogP contribution in [-0.4, -0.2) is 54.8 Å². The van der Waals surface area contributed by atoms with E-state index in [0.717, 1.165) is 6.07 Å². The van der Waals surface area contributed by atoms with Gasteiger partial charge in [0.05, 0.1) is 6.61 Å². The predicted octanol–water partition coefficient (Wildman–Crippen LogP) is -1.89. The standard InChI is InChI=1S/C10H15N3O6S/c1-11-9(15)8-3-6(4-13(8)2)20(18,19)12-7(5-14)10(16)17/h3-4,7,12,14H,5H2,1-2H3,(H,11,15)(H,16,17). The monoisotopic (exact) mass is 305 g/mol. The van der Waals surface area contributed by atoms with Crippen LogP contribution in [0.1, 0.15) is 10.5 Å². The fraction of sp³-hybridized carbons (Fsp3) is 0.400. The van der Waals surface area contributed by atoms with E-state index in [2.05, 4.69) is 5.32 Å². The van der Waals surface area contributed by atoms with Crippen molar-refractivity contribution < 1.29 is 28.2 Å². The number of carbonyl (C=O) groups is 2. The lowest BCUT2D eigenvalue weighted by molar-refractivity contribution is -0.139. The molecule has 0 radical (unpaired) electrons. The Hall–Kier alpha value is -1.91. The molecule has 1 rings (SSSR count). The predicted molar refractivity (Wildman–Crippen MR) is 67.6 cm³/mol. The minimum atomic E-state index is -4.15. The second-order valence-electron chi connectivity index (χ2n) is 3.95. The normalized spacial score (nSPS) is 12.9. The number of nitrogens with zero attached hydrogens (tertiary/aromatic N) is 1. The van der Waals surface area contributed by atoms with Crippen LogP contribution < -0.4 is 10.0 Å². The highest BCUT2D eigenvalue weighted by molar-refractivity contribution is 7.89. The van der Waals surface area contributed by atoms with Crippen LogP contribution in [-0.2, 0) is 21.9 Å². The first-order valence-electron chi connectivity index (χ1n) is 5.47. The number of aliphatic carboxylic acids is 1. The van der Waals surface area contributed by atoms with Crippen LogP contribution in [0.5, 0.6) is 0 Å². The maximum Gasteiger partial charge on any atom is 0.324 e. The lowest BCUT2D eigenvalue weighted by atomic mass is 10.3. The Kier molecular flexibility index (Phi) is 4.87. The highest BCUT2D eigenvalue weighted by Crippen LogP contribution is 2.13. The molecule has 1 heterocycles. The molecule has 4 N–H and O–H groups in total. The van der Waals surface area contributed by atoms with E-state index in [1.165, 1.54) is 24.9 Å². The number of aliphatic hydroxyl groups excluding tert-OH is 1. The first-order chi connectivity index (χ1) is 9.22. The molecule has 0 aliphatic rings. The van der Waals surface area contributed by atoms with Gasteiger partial charge in [0, 0.05) is 20.3 Å². The van der Waals surface area contributed by atoms with Gasteiger partial charge in [-0.1, -0.05) is 0 Å². The van der Waals surface area contributed by atoms with E-state index >= 15 is 0 Å². The maximum absolute atomic E-state index is 12.0. The summed E-state index contributed by atoms with van der Waals surface area (Å²) in [7, 11) is -1.28. The van der Waals surface area contributed by atoms with Crippen molar-refractivity contribution in [3.63, 3.8) is 0 Å². The number of carboxylic acid groups (broad SMARTS) is 1. The van der Waals surface area contributed by atoms with Crippen molar-refractivity contribution in [3.05, 3.63) is 18.0 Å². The van der Waals surface area contributed by atoms with Crippen LogP contribution >= 0.6 is 0 Å². The molecule has 1 aromatic heterocycles. The zero-order chi connectivity index (χ0) is 15.5. The van der Waals surface area contributed by atoms with Crippen molar-refractivity contribution in [2.45, 2.75) is 10.9 Å². The maximum atomic E-state index is 12.0. The van der Waals surface area contributed by atoms with Gasteiger partial charge in [-0.2, -0.15) is 4.72 Å². The molecule has 1 unspecified atom stereocenters. The van der Waals surface area contributed by atoms with E-state index in [4.69, 9.17) is 10.2 Å². The van der Waals surface area contributed by atoms with Gasteiger partial charge in [-0.25, -0.2) is 8.42 Å². The number of aromatic nitrogens is 1. The molecule has 0 aromatic carbocycles. The molecular weight excluding hydrogens is 290 g/mol. The van der Waals surface area contributed by atoms with Gasteiger partial charge in [0.25, 0.3) is 5.91 Å². The molecular formula is C10H15N3O6S. The lowest BCUT2D eigenvalue weighted by Gasteiger charge is -2.10. The zero-order valence-electron chi connectivity index (χ0n) is 10.8. The molecule has 112 valence electrons. The molecule has 0 saturated heterocycles. The second-order valence-corrected chi connectivity index (χ2v) is 5.66. The molecule has 0 bridgehead atoms. The van der Waals surface area contributed by atoms with Crippen LogP contribution in [0.2, 0.25) is 0 Å². The van der Waals surface area contributed by atoms with Crippen molar-refractivity contribution in [1.82, 2.24) is 14.6 Å². The summed E-state index contributed by atoms with van der Waals surface area (Å²) in [6.07, 6.45) is 1.17. The van der Waals surface area contributed by atoms with E-state index in [1.54, 1.807) is 0 Å². The Balaban J connectivity index is 3.11. The fourth-order valence-electron chi connectivity index (χ4n) is 1.46. The van der Waals surface area contributed by atoms with Crippen LogP contribution in [0.3, 0.4) is 0 Å². The summed E-state index contributed by atoms with van der Waals surface area (Å²) in [6.45, 7) is -0.885. The van der Waals surface area contributed by atoms with E-state index in [1.807, 2.05) is 4.72 Å². The molecule has 1 atom stereocenters. The van der Waals surface area contributed by atoms with Crippen molar-refractivity contribution in [3.8, 4) is 0 Å². The van der Waals surface area contributed by atoms with Crippen molar-refractivity contribution >= 4 is 21.9 Å². The van der Waals surface area contributed by atoms with E-state index in [-0.39, 0.29) is 10.6 Å². The molecule has 0 aliphatic heterocycles. The third-order valence-electron chi connectivity index (χ3n) is 2.53. The van der Waals surface area contributed by atoms with Gasteiger partial charge in [-0.05, 0) is 6.07 Å². The topological polar surface area (TPSA) is 138 Å². The van der Waals surface area contributed by atoms with Gasteiger partial charge in [-0.15, -0.1) is 0 Å². The Labute approximate surface area is 115 Å². The zero-order valence-corrected chi connectivity index (χ0v) is 11.6. The van der Waals surface area contributed by atoms with Crippen LogP contribution in [0.4, 0.5) is 0 Å². The number of amides is 1. The van der Waals surface area contributed by atoms with Gasteiger partial charge >= 0.3 is 5.97 Å². The van der Waals surface area contributed by atoms with Crippen molar-refractivity contribution in [2.24, 2.45) is 7.05 Å². The van der Waals surface area contributed by atoms with Crippen molar-refractivity contribution in [1.29, 1.82) is 0 Å². The summed E-state index contributed by atoms with van der Waals surface area (Å²) in [5, 5.41) is 19.9. The fourth-order valence-corrected chi connectivity index (χ4v) is 2.71. The van der Waals surface area contributed by atoms with Gasteiger partial charge in [0.1, 0.15) is 16.6 Å². The summed E-state index contributed by atoms with van der Waals surface area (Å²) in [4.78, 5) is 21.9. The minimum Gasteiger partial charge on any atom is -0.480 e. The summed E-state index contributed by atoms with van der Waals surface area (Å²) < 4.78 is 27.0. The number of hydrogen-bond donors (Lipinski definition) is 4. The third kappa shape index (κ3) is 3.35. The Morgan fingerprint density at radius 2 is 2.05 bits per heavy atom. The quantitative estimate of drug-likeness (QED) is 0.485. The van der Waals surface area contributed by atoms with Crippen LogP contribution in [0, 0.1) is 0 Å². The number of aryl methyl sites for hydroxylation is 1. The third-order valence-corrected chi connectivity index (χ3v) is 3.97. The van der Waals surface area contributed by atoms with Gasteiger partial charge in [0.15, 0.2) is 0 Å². The first-order valence-corrected chi connectivity index (χ1v) is 6.95. The number of carboxylic acids is 1. The second kappa shape index (κ2) is 6.03. The Morgan fingerprint density at radius 1 is 1.45 bits per heavy atom. The van der Waals surface area contributed by atoms with Crippen LogP contribution in [0.15, 0.2) is 17.2 Å². The molecule has 0 spiro atoms. The number of aliphatic hydroxyl groups is 1. The van der Waals surface area contributed by atoms with Crippen molar-refractivity contribution in [2.75, 3.05) is 13.7 Å². The number of hydrogen-bond acceptors (Lipinski definition) is 5. The lowest BCUT2D eigenvalue weighted by Crippen LogP contribution is -2.43. The number of nitrogens with one attached hydrogen (secondary N) is 2. The molecule has 0 fully saturated rings. The van der Waals surface area contributed by atoms with Crippen LogP contribution in [0.25, 0.3) is 0 Å². The molecule has 1 amide bonds. The molecule has 9 nitrogen and oxygen atoms in total. The number of carbonyl (C=O) groups excluding carboxylic acids is 1. The largest absolute Gasteiger partial charge is 0.480 e. The molecule has 10 heteroatoms. The van der Waals surface area contributed by atoms with Gasteiger partial charge in [-0.3, -0.25) is 9.59 Å². The minimum absolute atomic E-state index is 0.101. The first kappa shape index (κ1) is 16.1. The van der Waals surface area contributed by atoms with Gasteiger partial charge < -0.3 is 20.1 Å². The van der Waals surface area contributed by atoms with Gasteiger partial charge in [0.2, 0.25) is 10.0 Å². The highest BCUT2D eigenvalue weighted by Gasteiger charge is 2.26. The molecule has 0 aliphatic carbocycles. The smallest absolute Gasteiger partial charge is 0.324 e. The van der Waals surface area contributed by atoms with E-state index in [9.17, 15) is 18.0 Å². The number of sulfonamides is 1. The Bertz CT molecular complexity index is 621. The van der Waals surface area contributed by atoms with E-state index in [0.29, 0.717) is 0 Å². The molecule has 1 aromatic rings. The average molecular weight is 305 g/mol. The number of rotatable bonds is 6. The van der Waals surface area contributed by atoms with E-state index < -0.39 is 34.5 Å². The molecule has 20 heavy (non-hydrogen) atoms. The summed E-state index contributed by atoms with van der Waals surface area (Å²) in [5.41, 5.74) is 0.101. The SMILES string of the molecule is CNC(=O)c1cc(S(=O)(=O)NC(CO)C(=O)O)cn1C. The average Bonchev–Trinajstić information content (AvgIpc) is 2.77. The summed E-state index contributed by atoms with van der Waals surface area (Å²) in [6, 6.07) is -0.541. The molecule has 0 saturated carbocycles.